The van der Waals surface area contributed by atoms with Gasteiger partial charge in [0.15, 0.2) is 25.0 Å². The summed E-state index contributed by atoms with van der Waals surface area (Å²) in [6, 6.07) is 7.62. The molecule has 4 saturated heterocycles. The summed E-state index contributed by atoms with van der Waals surface area (Å²) < 4.78 is 26.1. The summed E-state index contributed by atoms with van der Waals surface area (Å²) >= 11 is 0. The normalized spacial score (nSPS) is 20.6. The molecule has 8 aliphatic heterocycles. The van der Waals surface area contributed by atoms with Crippen molar-refractivity contribution in [3.05, 3.63) is 109 Å². The third-order valence-corrected chi connectivity index (χ3v) is 34.2. The number of nitrogens with one attached hydrogen (secondary N) is 1. The van der Waals surface area contributed by atoms with Crippen molar-refractivity contribution in [2.45, 2.75) is 167 Å². The summed E-state index contributed by atoms with van der Waals surface area (Å²) in [7, 11) is 4.76. The number of aliphatic hydroxyl groups excluding tert-OH is 1. The summed E-state index contributed by atoms with van der Waals surface area (Å²) in [5.74, 6) is 0. The maximum absolute atomic E-state index is 12.4. The van der Waals surface area contributed by atoms with E-state index < -0.39 is 25.0 Å². The predicted molar refractivity (Wildman–Crippen MR) is 396 cm³/mol. The minimum atomic E-state index is -1.74. The Kier molecular flexibility index (Phi) is 25.3. The molecule has 4 fully saturated rings. The molecule has 4 atom stereocenters. The molecule has 0 radical (unpaired) electrons. The Bertz CT molecular complexity index is 3500. The number of aliphatic hydroxyl groups is 1. The van der Waals surface area contributed by atoms with E-state index in [9.17, 15) is 24.4 Å². The molecule has 4 aromatic rings. The average molecular weight is 1440 g/mol. The number of likely N-dealkylation sites (N-methyl/N-ethyl adjacent to an activating group) is 2. The van der Waals surface area contributed by atoms with Gasteiger partial charge in [-0.1, -0.05) is 68.4 Å². The monoisotopic (exact) mass is 1440 g/mol. The zero-order chi connectivity index (χ0) is 73.6. The van der Waals surface area contributed by atoms with E-state index >= 15 is 0 Å². The van der Waals surface area contributed by atoms with Gasteiger partial charge >= 0.3 is 24.1 Å². The minimum Gasteiger partial charge on any atom is -0.416 e. The van der Waals surface area contributed by atoms with Gasteiger partial charge in [0.05, 0.1) is 124 Å². The summed E-state index contributed by atoms with van der Waals surface area (Å²) in [4.78, 5) is 65.7. The lowest BCUT2D eigenvalue weighted by Gasteiger charge is -2.36. The molecule has 8 bridgehead atoms. The molecule has 27 nitrogen and oxygen atoms in total. The molecule has 0 saturated carbocycles. The van der Waals surface area contributed by atoms with Crippen LogP contribution in [0.1, 0.15) is 85.1 Å². The number of nitrogens with zero attached hydrogens (tertiary/aromatic N) is 16. The van der Waals surface area contributed by atoms with Gasteiger partial charge in [-0.2, -0.15) is 30.5 Å². The van der Waals surface area contributed by atoms with Crippen molar-refractivity contribution in [2.24, 2.45) is 0 Å². The highest BCUT2D eigenvalue weighted by Gasteiger charge is 2.44. The molecule has 552 valence electrons. The third kappa shape index (κ3) is 19.2. The molecule has 8 aliphatic rings. The smallest absolute Gasteiger partial charge is 0.345 e. The van der Waals surface area contributed by atoms with Gasteiger partial charge in [-0.15, -0.1) is 6.58 Å². The lowest BCUT2D eigenvalue weighted by Crippen LogP contribution is -3.02. The van der Waals surface area contributed by atoms with E-state index in [1.165, 1.54) is 9.96 Å². The van der Waals surface area contributed by atoms with Crippen LogP contribution in [-0.2, 0) is 43.8 Å². The molecule has 4 aromatic heterocycles. The number of fused-ring (bicyclic) bond motifs is 8. The van der Waals surface area contributed by atoms with Crippen LogP contribution in [-0.4, -0.2) is 283 Å². The van der Waals surface area contributed by atoms with Crippen molar-refractivity contribution in [1.82, 2.24) is 78.6 Å². The van der Waals surface area contributed by atoms with E-state index in [0.717, 1.165) is 83.0 Å². The number of carbonyl (C=O) groups is 4. The van der Waals surface area contributed by atoms with Crippen LogP contribution in [0.25, 0.3) is 22.8 Å². The summed E-state index contributed by atoms with van der Waals surface area (Å²) in [6.45, 7) is 44.9. The van der Waals surface area contributed by atoms with Gasteiger partial charge in [0, 0.05) is 117 Å². The standard InChI is InChI=1S/C20H32N4O3Si.C18H30N4O2Si.C17H28N4O3Si.C12H16N4O2.C3H9N/c1-7-11-26-24-18-13-17(14-22(15-18)19(24)25)23-10-8-16(21-23)9-12-27-28(5,6)20(2,3)4;1-18(2,3)25(5,6)24-10-8-14-7-9-22(19-14)16-11-15-12-21(13-16)17(23)20(15)4;1-17(2,3)25(4,5)24-9-7-13-6-8-20(18-13)14-10-15-12-19(11-14)16(22)21(15)23;1-14-10-6-11(8-15(7-10)12(14)18)16-4-2-9(13-16)3-5-17;1-4(2)3/h7-8,10,13,18H,1,9,11-12,14-15H2,2-6H3;7,9,11,15H,8,10,12-13H2,1-6H3;6,8,10,15,23H,7,9,11-12H2,1-5H3;2,4,6,10,17H,3,5,7-8H2,1H3;1-3H3/p+1. The van der Waals surface area contributed by atoms with Crippen molar-refractivity contribution < 1.29 is 52.5 Å². The zero-order valence-electron chi connectivity index (χ0n) is 63.4. The molecular weight excluding hydrogens is 1320 g/mol. The first-order valence-corrected chi connectivity index (χ1v) is 43.9. The number of quaternary nitrogens is 1. The molecule has 100 heavy (non-hydrogen) atoms. The fraction of sp³-hybridized carbons (Fsp3) is 0.629. The SMILES string of the molecule is C=CCON1C(=O)N2CC(n3ccc(CCO[Si](C)(C)C(C)(C)C)n3)=CC1C2.CC(C)(C)[Si](C)(C)OCCc1ccn(C2=CC3CN(C2)C(=O)N3O)n1.CN1C(=O)N2CC(n3ccc(CCO)n3)=CC1C2.CN1C(=O)N2CC(n3ccc(CCO[Si](C)(C)C(C)(C)C)n3)=CC1C2.C[NH+](C)C. The quantitative estimate of drug-likeness (QED) is 0.0405. The summed E-state index contributed by atoms with van der Waals surface area (Å²) in [5, 5.41) is 39.9. The minimum absolute atomic E-state index is 0.0778. The first-order valence-electron chi connectivity index (χ1n) is 35.2. The van der Waals surface area contributed by atoms with Crippen LogP contribution in [0.5, 0.6) is 0 Å². The Morgan fingerprint density at radius 1 is 0.490 bits per heavy atom. The maximum atomic E-state index is 12.4. The largest absolute Gasteiger partial charge is 0.416 e. The van der Waals surface area contributed by atoms with Crippen molar-refractivity contribution >= 4 is 71.9 Å². The highest BCUT2D eigenvalue weighted by atomic mass is 28.4. The number of hydroxylamine groups is 4. The van der Waals surface area contributed by atoms with E-state index in [0.29, 0.717) is 72.1 Å². The maximum Gasteiger partial charge on any atom is 0.345 e. The Labute approximate surface area is 596 Å². The van der Waals surface area contributed by atoms with Crippen LogP contribution in [0.2, 0.25) is 54.4 Å². The van der Waals surface area contributed by atoms with Crippen LogP contribution < -0.4 is 4.90 Å². The Hall–Kier alpha value is -7.01. The fourth-order valence-corrected chi connectivity index (χ4v) is 14.5. The first-order chi connectivity index (χ1) is 46.7. The number of aromatic nitrogens is 8. The second-order valence-corrected chi connectivity index (χ2v) is 46.5. The van der Waals surface area contributed by atoms with Gasteiger partial charge in [-0.3, -0.25) is 10.0 Å². The molecular formula is C70H116N17O10Si3+. The lowest BCUT2D eigenvalue weighted by atomic mass is 10.2. The van der Waals surface area contributed by atoms with E-state index in [4.69, 9.17) is 28.3 Å². The first kappa shape index (κ1) is 78.7. The highest BCUT2D eigenvalue weighted by Crippen LogP contribution is 2.39. The van der Waals surface area contributed by atoms with Gasteiger partial charge in [-0.25, -0.2) is 37.9 Å². The van der Waals surface area contributed by atoms with Gasteiger partial charge < -0.3 is 52.7 Å². The van der Waals surface area contributed by atoms with Gasteiger partial charge in [0.2, 0.25) is 0 Å². The molecule has 3 N–H and O–H groups in total. The van der Waals surface area contributed by atoms with Gasteiger partial charge in [0.25, 0.3) is 0 Å². The van der Waals surface area contributed by atoms with Gasteiger partial charge in [-0.05, 0) is 103 Å². The molecule has 0 spiro atoms. The Balaban J connectivity index is 0.000000168. The molecule has 0 aliphatic carbocycles. The average Bonchev–Trinajstić information content (AvgIpc) is 1.65. The molecule has 12 rings (SSSR count). The third-order valence-electron chi connectivity index (χ3n) is 20.6. The van der Waals surface area contributed by atoms with E-state index in [-0.39, 0.29) is 70.0 Å². The number of hydrogen-bond acceptors (Lipinski definition) is 14. The number of rotatable bonds is 21. The predicted octanol–water partition coefficient (Wildman–Crippen LogP) is 8.13. The summed E-state index contributed by atoms with van der Waals surface area (Å²) in [6.07, 6.45) is 20.5. The van der Waals surface area contributed by atoms with E-state index in [1.807, 2.05) is 88.4 Å². The zero-order valence-corrected chi connectivity index (χ0v) is 66.4. The highest BCUT2D eigenvalue weighted by molar-refractivity contribution is 6.74. The molecule has 4 unspecified atom stereocenters. The second-order valence-electron chi connectivity index (χ2n) is 32.1. The van der Waals surface area contributed by atoms with Crippen molar-refractivity contribution in [2.75, 3.05) is 121 Å². The van der Waals surface area contributed by atoms with Gasteiger partial charge in [0.1, 0.15) is 0 Å². The second kappa shape index (κ2) is 32.1. The number of carbonyl (C=O) groups excluding carboxylic acids is 4. The van der Waals surface area contributed by atoms with Crippen LogP contribution in [0, 0.1) is 0 Å². The van der Waals surface area contributed by atoms with E-state index in [2.05, 4.69) is 163 Å². The van der Waals surface area contributed by atoms with Crippen molar-refractivity contribution in [3.8, 4) is 0 Å². The topological polar surface area (TPSA) is 247 Å². The Morgan fingerprint density at radius 2 is 0.780 bits per heavy atom. The van der Waals surface area contributed by atoms with E-state index in [1.54, 1.807) is 35.0 Å². The number of urea groups is 4. The Morgan fingerprint density at radius 3 is 1.09 bits per heavy atom. The molecule has 12 heterocycles. The van der Waals surface area contributed by atoms with Crippen LogP contribution in [0.15, 0.2) is 86.0 Å². The van der Waals surface area contributed by atoms with Crippen molar-refractivity contribution in [3.63, 3.8) is 0 Å². The fourth-order valence-electron chi connectivity index (χ4n) is 11.4. The van der Waals surface area contributed by atoms with Crippen LogP contribution >= 0.6 is 0 Å². The molecule has 0 aromatic carbocycles. The molecule has 8 amide bonds. The lowest BCUT2D eigenvalue weighted by molar-refractivity contribution is -0.836. The number of hydrogen-bond donors (Lipinski definition) is 3. The molecule has 30 heteroatoms. The summed E-state index contributed by atoms with van der Waals surface area (Å²) in [5.41, 5.74) is 7.87. The van der Waals surface area contributed by atoms with Crippen molar-refractivity contribution in [1.29, 1.82) is 0 Å². The number of amides is 8. The van der Waals surface area contributed by atoms with Crippen LogP contribution in [0.4, 0.5) is 19.2 Å². The van der Waals surface area contributed by atoms with Crippen LogP contribution in [0.3, 0.4) is 0 Å².